The Morgan fingerprint density at radius 1 is 0.167 bits per heavy atom. The number of hydrogen-bond acceptors (Lipinski definition) is 0. The van der Waals surface area contributed by atoms with Crippen molar-refractivity contribution in [3.05, 3.63) is 364 Å². The summed E-state index contributed by atoms with van der Waals surface area (Å²) in [6, 6.07) is 136. The van der Waals surface area contributed by atoms with Gasteiger partial charge < -0.3 is 0 Å². The molecule has 0 amide bonds. The first-order valence-corrected chi connectivity index (χ1v) is 42.6. The summed E-state index contributed by atoms with van der Waals surface area (Å²) in [6.07, 6.45) is 11.2. The molecule has 448 valence electrons. The third kappa shape index (κ3) is 18.9. The van der Waals surface area contributed by atoms with Crippen LogP contribution in [0.5, 0.6) is 0 Å². The molecule has 0 radical (unpaired) electrons. The van der Waals surface area contributed by atoms with Gasteiger partial charge in [-0.1, -0.05) is 371 Å². The standard InChI is InChI=1S/C42H42P4.C41H39P3/c1-7-19-37(20-8-1)44(38-21-9-2-10-22-38)34-31-43(32-35-45(39-23-11-3-12-24-39)40-25-13-4-14-26-40)33-36-46(41-27-15-5-16-28-41)42-29-17-6-18-30-42;1-41(32-42(35-20-8-2-9-21-35)36-22-10-3-11-23-36,33-43(37-24-12-4-13-25-37)38-26-14-5-15-27-38)34-44(39-28-16-6-17-29-39)40-30-18-7-19-31-40/h1-30H,31-36H2;2-31H,32-34H2,1H3. The largest absolute Gasteiger partial charge is 0.106 e. The van der Waals surface area contributed by atoms with E-state index >= 15 is 0 Å². The van der Waals surface area contributed by atoms with Gasteiger partial charge in [-0.2, -0.15) is 0 Å². The lowest BCUT2D eigenvalue weighted by molar-refractivity contribution is 0.497. The van der Waals surface area contributed by atoms with Gasteiger partial charge in [0.15, 0.2) is 0 Å². The van der Waals surface area contributed by atoms with E-state index in [1.165, 1.54) is 101 Å². The molecule has 12 rings (SSSR count). The molecule has 0 saturated carbocycles. The molecular formula is C83H81P7. The summed E-state index contributed by atoms with van der Waals surface area (Å²) < 4.78 is 0. The van der Waals surface area contributed by atoms with Gasteiger partial charge in [0.1, 0.15) is 0 Å². The van der Waals surface area contributed by atoms with E-state index in [-0.39, 0.29) is 37.1 Å². The number of rotatable bonds is 27. The Labute approximate surface area is 547 Å². The molecule has 0 aliphatic heterocycles. The Morgan fingerprint density at radius 2 is 0.289 bits per heavy atom. The molecule has 0 nitrogen and oxygen atoms in total. The lowest BCUT2D eigenvalue weighted by atomic mass is 9.99. The molecule has 0 atom stereocenters. The van der Waals surface area contributed by atoms with Gasteiger partial charge in [0.2, 0.25) is 0 Å². The minimum absolute atomic E-state index is 0.0756. The van der Waals surface area contributed by atoms with Crippen LogP contribution in [0.2, 0.25) is 0 Å². The van der Waals surface area contributed by atoms with Crippen molar-refractivity contribution >= 4 is 119 Å². The van der Waals surface area contributed by atoms with Crippen molar-refractivity contribution < 1.29 is 0 Å². The monoisotopic (exact) mass is 1290 g/mol. The van der Waals surface area contributed by atoms with Gasteiger partial charge in [0.25, 0.3) is 0 Å². The zero-order valence-corrected chi connectivity index (χ0v) is 57.9. The van der Waals surface area contributed by atoms with Gasteiger partial charge in [0, 0.05) is 0 Å². The third-order valence-corrected chi connectivity index (χ3v) is 36.3. The van der Waals surface area contributed by atoms with E-state index in [2.05, 4.69) is 371 Å². The first-order chi connectivity index (χ1) is 44.5. The highest BCUT2D eigenvalue weighted by atomic mass is 31.1. The smallest absolute Gasteiger partial charge is 0.0184 e. The van der Waals surface area contributed by atoms with Crippen molar-refractivity contribution in [3.63, 3.8) is 0 Å². The van der Waals surface area contributed by atoms with E-state index in [9.17, 15) is 0 Å². The molecule has 0 spiro atoms. The number of hydrogen-bond donors (Lipinski definition) is 0. The zero-order valence-electron chi connectivity index (χ0n) is 51.6. The zero-order chi connectivity index (χ0) is 61.3. The van der Waals surface area contributed by atoms with Crippen molar-refractivity contribution in [2.75, 3.05) is 55.5 Å². The van der Waals surface area contributed by atoms with Gasteiger partial charge in [-0.25, -0.2) is 0 Å². The molecule has 0 fully saturated rings. The van der Waals surface area contributed by atoms with E-state index in [0.29, 0.717) is 0 Å². The summed E-state index contributed by atoms with van der Waals surface area (Å²) in [5.41, 5.74) is 0.0756. The number of benzene rings is 12. The van der Waals surface area contributed by atoms with Gasteiger partial charge >= 0.3 is 0 Å². The quantitative estimate of drug-likeness (QED) is 0.0450. The summed E-state index contributed by atoms with van der Waals surface area (Å²) in [4.78, 5) is 0. The summed E-state index contributed by atoms with van der Waals surface area (Å²) in [5, 5.41) is 17.8. The van der Waals surface area contributed by atoms with Crippen LogP contribution in [0.4, 0.5) is 0 Å². The summed E-state index contributed by atoms with van der Waals surface area (Å²) in [6.45, 7) is 2.61. The van der Waals surface area contributed by atoms with Crippen LogP contribution in [0.15, 0.2) is 364 Å². The van der Waals surface area contributed by atoms with Crippen LogP contribution < -0.4 is 63.7 Å². The molecule has 0 aliphatic rings. The molecule has 7 heteroatoms. The average Bonchev–Trinajstić information content (AvgIpc) is 1.23. The topological polar surface area (TPSA) is 0 Å². The molecule has 12 aromatic carbocycles. The lowest BCUT2D eigenvalue weighted by Crippen LogP contribution is -2.36. The van der Waals surface area contributed by atoms with E-state index in [4.69, 9.17) is 0 Å². The van der Waals surface area contributed by atoms with Crippen molar-refractivity contribution in [2.45, 2.75) is 6.92 Å². The van der Waals surface area contributed by atoms with Crippen LogP contribution in [0, 0.1) is 5.41 Å². The summed E-state index contributed by atoms with van der Waals surface area (Å²) in [5.74, 6) is 0. The minimum atomic E-state index is -0.555. The Balaban J connectivity index is 0.000000185. The maximum Gasteiger partial charge on any atom is -0.0184 e. The Morgan fingerprint density at radius 3 is 0.422 bits per heavy atom. The fourth-order valence-corrected chi connectivity index (χ4v) is 32.6. The highest BCUT2D eigenvalue weighted by Crippen LogP contribution is 2.53. The Hall–Kier alpha value is -6.35. The fourth-order valence-electron chi connectivity index (χ4n) is 11.9. The van der Waals surface area contributed by atoms with Crippen LogP contribution in [0.3, 0.4) is 0 Å². The van der Waals surface area contributed by atoms with Gasteiger partial charge in [-0.3, -0.25) is 0 Å². The predicted molar refractivity (Wildman–Crippen MR) is 413 cm³/mol. The van der Waals surface area contributed by atoms with Crippen molar-refractivity contribution in [2.24, 2.45) is 5.41 Å². The van der Waals surface area contributed by atoms with E-state index < -0.39 is 23.8 Å². The molecule has 0 aliphatic carbocycles. The van der Waals surface area contributed by atoms with Crippen LogP contribution in [0.1, 0.15) is 6.92 Å². The minimum Gasteiger partial charge on any atom is -0.106 e. The van der Waals surface area contributed by atoms with Gasteiger partial charge in [-0.05, 0) is 172 Å². The van der Waals surface area contributed by atoms with Crippen molar-refractivity contribution in [3.8, 4) is 0 Å². The van der Waals surface area contributed by atoms with Gasteiger partial charge in [0.05, 0.1) is 0 Å². The maximum atomic E-state index is 2.61. The second kappa shape index (κ2) is 34.9. The normalized spacial score (nSPS) is 11.6. The first-order valence-electron chi connectivity index (χ1n) is 31.5. The highest BCUT2D eigenvalue weighted by Gasteiger charge is 2.37. The van der Waals surface area contributed by atoms with E-state index in [1.807, 2.05) is 0 Å². The predicted octanol–water partition coefficient (Wildman–Crippen LogP) is 17.3. The van der Waals surface area contributed by atoms with Gasteiger partial charge in [-0.15, -0.1) is 7.92 Å². The fraction of sp³-hybridized carbons (Fsp3) is 0.133. The van der Waals surface area contributed by atoms with Crippen LogP contribution >= 0.6 is 55.5 Å². The summed E-state index contributed by atoms with van der Waals surface area (Å²) >= 11 is 0. The molecule has 0 unspecified atom stereocenters. The molecular weight excluding hydrogens is 1210 g/mol. The molecule has 0 aromatic heterocycles. The molecule has 90 heavy (non-hydrogen) atoms. The average molecular weight is 1300 g/mol. The van der Waals surface area contributed by atoms with Crippen LogP contribution in [-0.2, 0) is 0 Å². The highest BCUT2D eigenvalue weighted by molar-refractivity contribution is 7.77. The van der Waals surface area contributed by atoms with E-state index in [1.54, 1.807) is 0 Å². The molecule has 12 aromatic rings. The second-order valence-electron chi connectivity index (χ2n) is 22.9. The molecule has 0 heterocycles. The van der Waals surface area contributed by atoms with Crippen LogP contribution in [-0.4, -0.2) is 55.5 Å². The van der Waals surface area contributed by atoms with Crippen LogP contribution in [0.25, 0.3) is 0 Å². The third-order valence-electron chi connectivity index (χ3n) is 16.4. The van der Waals surface area contributed by atoms with Crippen molar-refractivity contribution in [1.82, 2.24) is 0 Å². The van der Waals surface area contributed by atoms with E-state index in [0.717, 1.165) is 18.5 Å². The molecule has 0 saturated heterocycles. The molecule has 0 bridgehead atoms. The molecule has 0 N–H and O–H groups in total. The maximum absolute atomic E-state index is 2.61. The summed E-state index contributed by atoms with van der Waals surface area (Å²) in [7, 11) is -2.97. The Bertz CT molecular complexity index is 3230. The van der Waals surface area contributed by atoms with Crippen molar-refractivity contribution in [1.29, 1.82) is 0 Å². The first kappa shape index (κ1) is 65.2. The second-order valence-corrected chi connectivity index (χ2v) is 39.2. The SMILES string of the molecule is CC(CP(c1ccccc1)c1ccccc1)(CP(c1ccccc1)c1ccccc1)CP(c1ccccc1)c1ccccc1.c1ccc(P(CCP(CCP(c2ccccc2)c2ccccc2)CCP(c2ccccc2)c2ccccc2)c2ccccc2)cc1. The Kier molecular flexibility index (Phi) is 25.3. The lowest BCUT2D eigenvalue weighted by Gasteiger charge is -2.40.